The van der Waals surface area contributed by atoms with Crippen molar-refractivity contribution in [3.63, 3.8) is 0 Å². The monoisotopic (exact) mass is 491 g/mol. The van der Waals surface area contributed by atoms with Crippen molar-refractivity contribution in [1.82, 2.24) is 4.98 Å². The molecule has 0 unspecified atom stereocenters. The van der Waals surface area contributed by atoms with Gasteiger partial charge in [-0.15, -0.1) is 0 Å². The van der Waals surface area contributed by atoms with Gasteiger partial charge in [-0.05, 0) is 19.1 Å². The number of methoxy groups -OCH3 is 1. The van der Waals surface area contributed by atoms with Gasteiger partial charge in [-0.25, -0.2) is 13.8 Å². The highest BCUT2D eigenvalue weighted by molar-refractivity contribution is 5.97. The molecule has 1 aliphatic rings. The van der Waals surface area contributed by atoms with Crippen LogP contribution in [0.5, 0.6) is 5.75 Å². The Morgan fingerprint density at radius 3 is 2.38 bits per heavy atom. The highest BCUT2D eigenvalue weighted by Gasteiger charge is 2.66. The van der Waals surface area contributed by atoms with Gasteiger partial charge < -0.3 is 20.5 Å². The Labute approximate surface area is 189 Å². The third-order valence-electron chi connectivity index (χ3n) is 5.95. The molecule has 1 saturated heterocycles. The van der Waals surface area contributed by atoms with Gasteiger partial charge in [0.1, 0.15) is 6.10 Å². The van der Waals surface area contributed by atoms with Gasteiger partial charge in [0.25, 0.3) is 11.8 Å². The third kappa shape index (κ3) is 4.04. The first-order valence-electron chi connectivity index (χ1n) is 9.76. The first-order chi connectivity index (χ1) is 15.7. The average molecular weight is 491 g/mol. The molecule has 0 spiro atoms. The Morgan fingerprint density at radius 2 is 1.82 bits per heavy atom. The molecule has 0 aliphatic carbocycles. The molecule has 0 saturated carbocycles. The second-order valence-electron chi connectivity index (χ2n) is 7.82. The number of nitrogens with one attached hydrogen (secondary N) is 1. The van der Waals surface area contributed by atoms with E-state index in [2.05, 4.69) is 10.3 Å². The van der Waals surface area contributed by atoms with Crippen molar-refractivity contribution < 1.29 is 45.4 Å². The topological polar surface area (TPSA) is 104 Å². The van der Waals surface area contributed by atoms with E-state index in [0.29, 0.717) is 13.0 Å². The molecule has 1 aromatic heterocycles. The van der Waals surface area contributed by atoms with E-state index in [4.69, 9.17) is 15.2 Å². The van der Waals surface area contributed by atoms with E-state index in [9.17, 15) is 35.9 Å². The number of hydrogen-bond acceptors (Lipinski definition) is 5. The van der Waals surface area contributed by atoms with Crippen LogP contribution in [0.1, 0.15) is 35.8 Å². The molecule has 4 atom stereocenters. The SMILES string of the molecule is COc1c([C@H]2[C@@H](C(=O)Nc3ccnc(C(N)=O)c3F)O[C@@](C)(C(F)(F)F)[C@@H]2C)ccc(F)c1F. The summed E-state index contributed by atoms with van der Waals surface area (Å²) in [7, 11) is 0.984. The largest absolute Gasteiger partial charge is 0.493 e. The van der Waals surface area contributed by atoms with Crippen LogP contribution in [0.2, 0.25) is 0 Å². The number of anilines is 1. The normalized spacial score (nSPS) is 24.7. The van der Waals surface area contributed by atoms with Crippen LogP contribution >= 0.6 is 0 Å². The van der Waals surface area contributed by atoms with Crippen LogP contribution in [-0.4, -0.2) is 41.8 Å². The number of nitrogens with zero attached hydrogens (tertiary/aromatic N) is 1. The van der Waals surface area contributed by atoms with Crippen molar-refractivity contribution in [1.29, 1.82) is 0 Å². The molecule has 1 aromatic carbocycles. The Kier molecular flexibility index (Phi) is 6.53. The summed E-state index contributed by atoms with van der Waals surface area (Å²) in [5.41, 5.74) is 0.468. The standard InChI is InChI=1S/C21H19F6N3O4/c1-8-12(9-4-5-10(22)13(23)16(9)33-3)17(34-20(8,2)21(25,26)27)19(32)30-11-6-7-29-15(14(11)24)18(28)31/h4-8,12,17H,1-3H3,(H2,28,31)(H,29,30,32)/t8-,12+,17+,20-/m1/s1. The summed E-state index contributed by atoms with van der Waals surface area (Å²) in [5, 5.41) is 2.06. The van der Waals surface area contributed by atoms with E-state index in [0.717, 1.165) is 32.4 Å². The zero-order chi connectivity index (χ0) is 25.6. The van der Waals surface area contributed by atoms with E-state index in [1.807, 2.05) is 0 Å². The molecular formula is C21H19F6N3O4. The van der Waals surface area contributed by atoms with Crippen LogP contribution in [0.3, 0.4) is 0 Å². The van der Waals surface area contributed by atoms with Crippen LogP contribution < -0.4 is 15.8 Å². The fourth-order valence-electron chi connectivity index (χ4n) is 3.96. The van der Waals surface area contributed by atoms with Crippen molar-refractivity contribution in [2.45, 2.75) is 37.6 Å². The molecule has 184 valence electrons. The quantitative estimate of drug-likeness (QED) is 0.622. The summed E-state index contributed by atoms with van der Waals surface area (Å²) in [6.45, 7) is 1.84. The average Bonchev–Trinajstić information content (AvgIpc) is 3.03. The number of carbonyl (C=O) groups is 2. The molecule has 2 aromatic rings. The number of aromatic nitrogens is 1. The third-order valence-corrected chi connectivity index (χ3v) is 5.95. The second kappa shape index (κ2) is 8.78. The van der Waals surface area contributed by atoms with Gasteiger partial charge in [-0.2, -0.15) is 17.6 Å². The summed E-state index contributed by atoms with van der Waals surface area (Å²) in [6.07, 6.45) is -5.95. The maximum absolute atomic E-state index is 14.5. The van der Waals surface area contributed by atoms with Gasteiger partial charge in [0, 0.05) is 23.6 Å². The van der Waals surface area contributed by atoms with Crippen molar-refractivity contribution >= 4 is 17.5 Å². The van der Waals surface area contributed by atoms with Crippen molar-refractivity contribution in [3.8, 4) is 5.75 Å². The van der Waals surface area contributed by atoms with Crippen molar-refractivity contribution in [3.05, 3.63) is 53.1 Å². The Hall–Kier alpha value is -3.35. The molecule has 3 rings (SSSR count). The van der Waals surface area contributed by atoms with Gasteiger partial charge in [0.05, 0.1) is 12.8 Å². The Balaban J connectivity index is 2.11. The summed E-state index contributed by atoms with van der Waals surface area (Å²) in [5.74, 6) is -10.2. The van der Waals surface area contributed by atoms with Crippen LogP contribution in [0.4, 0.5) is 32.0 Å². The molecule has 1 fully saturated rings. The molecule has 3 N–H and O–H groups in total. The number of nitrogens with two attached hydrogens (primary N) is 1. The lowest BCUT2D eigenvalue weighted by atomic mass is 9.77. The number of ether oxygens (including phenoxy) is 2. The predicted octanol–water partition coefficient (Wildman–Crippen LogP) is 3.68. The minimum atomic E-state index is -4.97. The van der Waals surface area contributed by atoms with Crippen LogP contribution in [-0.2, 0) is 9.53 Å². The van der Waals surface area contributed by atoms with Crippen LogP contribution in [0.25, 0.3) is 0 Å². The number of benzene rings is 1. The first-order valence-corrected chi connectivity index (χ1v) is 9.76. The number of amides is 2. The summed E-state index contributed by atoms with van der Waals surface area (Å²) in [6, 6.07) is 2.62. The zero-order valence-corrected chi connectivity index (χ0v) is 18.0. The van der Waals surface area contributed by atoms with E-state index < -0.39 is 76.1 Å². The number of primary amides is 1. The predicted molar refractivity (Wildman–Crippen MR) is 105 cm³/mol. The summed E-state index contributed by atoms with van der Waals surface area (Å²) >= 11 is 0. The fraction of sp³-hybridized carbons (Fsp3) is 0.381. The minimum Gasteiger partial charge on any atom is -0.493 e. The lowest BCUT2D eigenvalue weighted by Crippen LogP contribution is -2.47. The minimum absolute atomic E-state index is 0.255. The molecule has 2 heterocycles. The number of pyridine rings is 1. The number of halogens is 6. The lowest BCUT2D eigenvalue weighted by Gasteiger charge is -2.32. The molecule has 34 heavy (non-hydrogen) atoms. The number of rotatable bonds is 5. The molecule has 7 nitrogen and oxygen atoms in total. The number of hydrogen-bond donors (Lipinski definition) is 2. The van der Waals surface area contributed by atoms with E-state index in [1.165, 1.54) is 0 Å². The fourth-order valence-corrected chi connectivity index (χ4v) is 3.96. The Morgan fingerprint density at radius 1 is 1.18 bits per heavy atom. The van der Waals surface area contributed by atoms with E-state index >= 15 is 0 Å². The van der Waals surface area contributed by atoms with Crippen molar-refractivity contribution in [2.75, 3.05) is 12.4 Å². The van der Waals surface area contributed by atoms with E-state index in [1.54, 1.807) is 0 Å². The van der Waals surface area contributed by atoms with Gasteiger partial charge in [-0.3, -0.25) is 9.59 Å². The van der Waals surface area contributed by atoms with Gasteiger partial charge in [0.15, 0.2) is 28.7 Å². The second-order valence-corrected chi connectivity index (χ2v) is 7.82. The molecule has 2 amide bonds. The van der Waals surface area contributed by atoms with Gasteiger partial charge in [0.2, 0.25) is 5.82 Å². The molecular weight excluding hydrogens is 472 g/mol. The van der Waals surface area contributed by atoms with Crippen LogP contribution in [0.15, 0.2) is 24.4 Å². The van der Waals surface area contributed by atoms with E-state index in [-0.39, 0.29) is 5.56 Å². The number of alkyl halides is 3. The van der Waals surface area contributed by atoms with Crippen molar-refractivity contribution in [2.24, 2.45) is 11.7 Å². The lowest BCUT2D eigenvalue weighted by molar-refractivity contribution is -0.272. The highest BCUT2D eigenvalue weighted by atomic mass is 19.4. The zero-order valence-electron chi connectivity index (χ0n) is 18.0. The molecule has 13 heteroatoms. The first kappa shape index (κ1) is 25.3. The van der Waals surface area contributed by atoms with Crippen LogP contribution in [0, 0.1) is 23.4 Å². The maximum atomic E-state index is 14.5. The smallest absolute Gasteiger partial charge is 0.417 e. The molecule has 0 bridgehead atoms. The molecule has 1 aliphatic heterocycles. The number of carbonyl (C=O) groups excluding carboxylic acids is 2. The maximum Gasteiger partial charge on any atom is 0.417 e. The highest BCUT2D eigenvalue weighted by Crippen LogP contribution is 2.55. The van der Waals surface area contributed by atoms with Gasteiger partial charge in [-0.1, -0.05) is 13.0 Å². The summed E-state index contributed by atoms with van der Waals surface area (Å²) < 4.78 is 94.5. The molecule has 0 radical (unpaired) electrons. The summed E-state index contributed by atoms with van der Waals surface area (Å²) in [4.78, 5) is 27.8. The van der Waals surface area contributed by atoms with Gasteiger partial charge >= 0.3 is 6.18 Å². The Bertz CT molecular complexity index is 1140.